The average molecular weight is 364 g/mol. The maximum absolute atomic E-state index is 12.6. The van der Waals surface area contributed by atoms with E-state index in [0.717, 1.165) is 6.26 Å². The summed E-state index contributed by atoms with van der Waals surface area (Å²) in [5.74, 6) is 5.50. The summed E-state index contributed by atoms with van der Waals surface area (Å²) in [6, 6.07) is 6.88. The Hall–Kier alpha value is -1.88. The van der Waals surface area contributed by atoms with Crippen LogP contribution in [-0.4, -0.2) is 55.3 Å². The molecule has 0 unspecified atom stereocenters. The lowest BCUT2D eigenvalue weighted by atomic mass is 10.0. The predicted molar refractivity (Wildman–Crippen MR) is 96.5 cm³/mol. The van der Waals surface area contributed by atoms with Gasteiger partial charge in [0.1, 0.15) is 5.60 Å². The van der Waals surface area contributed by atoms with E-state index >= 15 is 0 Å². The third-order valence-electron chi connectivity index (χ3n) is 3.79. The molecular weight excluding hydrogens is 340 g/mol. The monoisotopic (exact) mass is 364 g/mol. The first-order chi connectivity index (χ1) is 11.5. The Labute approximate surface area is 149 Å². The molecule has 1 aliphatic rings. The van der Waals surface area contributed by atoms with Crippen molar-refractivity contribution >= 4 is 15.9 Å². The summed E-state index contributed by atoms with van der Waals surface area (Å²) in [4.78, 5) is 14.4. The SMILES string of the molecule is CC(C)(O)C#Cc1cccc(C(=O)N2CCC(NS(C)(=O)=O)CC2)c1. The molecule has 0 radical (unpaired) electrons. The minimum Gasteiger partial charge on any atom is -0.378 e. The van der Waals surface area contributed by atoms with Gasteiger partial charge >= 0.3 is 0 Å². The first-order valence-corrected chi connectivity index (χ1v) is 10.0. The Morgan fingerprint density at radius 1 is 1.32 bits per heavy atom. The molecule has 0 aliphatic carbocycles. The van der Waals surface area contributed by atoms with E-state index in [1.807, 2.05) is 0 Å². The van der Waals surface area contributed by atoms with Crippen LogP contribution in [0.4, 0.5) is 0 Å². The van der Waals surface area contributed by atoms with Gasteiger partial charge in [-0.15, -0.1) is 0 Å². The van der Waals surface area contributed by atoms with Gasteiger partial charge in [-0.25, -0.2) is 13.1 Å². The summed E-state index contributed by atoms with van der Waals surface area (Å²) in [6.45, 7) is 4.21. The number of piperidine rings is 1. The fourth-order valence-corrected chi connectivity index (χ4v) is 3.48. The third kappa shape index (κ3) is 6.50. The third-order valence-corrected chi connectivity index (χ3v) is 4.55. The Kier molecular flexibility index (Phi) is 5.88. The predicted octanol–water partition coefficient (Wildman–Crippen LogP) is 0.963. The number of aliphatic hydroxyl groups is 1. The van der Waals surface area contributed by atoms with E-state index in [4.69, 9.17) is 0 Å². The first-order valence-electron chi connectivity index (χ1n) is 8.16. The number of benzene rings is 1. The van der Waals surface area contributed by atoms with E-state index in [0.29, 0.717) is 37.1 Å². The maximum Gasteiger partial charge on any atom is 0.253 e. The molecule has 25 heavy (non-hydrogen) atoms. The molecule has 1 aromatic rings. The first kappa shape index (κ1) is 19.4. The van der Waals surface area contributed by atoms with Gasteiger partial charge in [0.2, 0.25) is 10.0 Å². The number of carbonyl (C=O) groups excluding carboxylic acids is 1. The second-order valence-electron chi connectivity index (χ2n) is 6.85. The highest BCUT2D eigenvalue weighted by Gasteiger charge is 2.25. The zero-order chi connectivity index (χ0) is 18.7. The molecule has 0 saturated carbocycles. The van der Waals surface area contributed by atoms with Crippen molar-refractivity contribution in [2.45, 2.75) is 38.3 Å². The van der Waals surface area contributed by atoms with E-state index < -0.39 is 15.6 Å². The second-order valence-corrected chi connectivity index (χ2v) is 8.63. The van der Waals surface area contributed by atoms with Crippen LogP contribution in [0.2, 0.25) is 0 Å². The Morgan fingerprint density at radius 2 is 1.96 bits per heavy atom. The highest BCUT2D eigenvalue weighted by atomic mass is 32.2. The molecule has 1 amide bonds. The van der Waals surface area contributed by atoms with Crippen LogP contribution < -0.4 is 4.72 Å². The Bertz CT molecular complexity index is 792. The van der Waals surface area contributed by atoms with Crippen molar-refractivity contribution in [1.82, 2.24) is 9.62 Å². The van der Waals surface area contributed by atoms with E-state index in [2.05, 4.69) is 16.6 Å². The minimum atomic E-state index is -3.23. The molecule has 2 N–H and O–H groups in total. The fraction of sp³-hybridized carbons (Fsp3) is 0.500. The van der Waals surface area contributed by atoms with Gasteiger partial charge in [0.15, 0.2) is 0 Å². The standard InChI is InChI=1S/C18H24N2O4S/c1-18(2,22)10-7-14-5-4-6-15(13-14)17(21)20-11-8-16(9-12-20)19-25(3,23)24/h4-6,13,16,19,22H,8-9,11-12H2,1-3H3. The van der Waals surface area contributed by atoms with Crippen molar-refractivity contribution in [3.63, 3.8) is 0 Å². The number of amides is 1. The fourth-order valence-electron chi connectivity index (χ4n) is 2.64. The molecule has 1 fully saturated rings. The van der Waals surface area contributed by atoms with E-state index in [9.17, 15) is 18.3 Å². The normalized spacial score (nSPS) is 16.2. The average Bonchev–Trinajstić information content (AvgIpc) is 2.51. The van der Waals surface area contributed by atoms with Crippen LogP contribution in [0.15, 0.2) is 24.3 Å². The number of likely N-dealkylation sites (tertiary alicyclic amines) is 1. The van der Waals surface area contributed by atoms with Crippen molar-refractivity contribution < 1.29 is 18.3 Å². The molecule has 1 saturated heterocycles. The van der Waals surface area contributed by atoms with E-state index in [1.165, 1.54) is 0 Å². The Balaban J connectivity index is 2.03. The van der Waals surface area contributed by atoms with Gasteiger partial charge in [0.25, 0.3) is 5.91 Å². The van der Waals surface area contributed by atoms with E-state index in [-0.39, 0.29) is 11.9 Å². The molecule has 0 atom stereocenters. The highest BCUT2D eigenvalue weighted by molar-refractivity contribution is 7.88. The van der Waals surface area contributed by atoms with E-state index in [1.54, 1.807) is 43.0 Å². The van der Waals surface area contributed by atoms with Crippen molar-refractivity contribution in [3.05, 3.63) is 35.4 Å². The lowest BCUT2D eigenvalue weighted by molar-refractivity contribution is 0.0711. The number of sulfonamides is 1. The maximum atomic E-state index is 12.6. The van der Waals surface area contributed by atoms with Gasteiger partial charge < -0.3 is 10.0 Å². The van der Waals surface area contributed by atoms with Crippen molar-refractivity contribution in [3.8, 4) is 11.8 Å². The largest absolute Gasteiger partial charge is 0.378 e. The number of rotatable bonds is 3. The highest BCUT2D eigenvalue weighted by Crippen LogP contribution is 2.15. The molecule has 1 heterocycles. The summed E-state index contributed by atoms with van der Waals surface area (Å²) in [7, 11) is -3.23. The van der Waals surface area contributed by atoms with Crippen LogP contribution in [0.1, 0.15) is 42.6 Å². The molecule has 0 bridgehead atoms. The molecule has 1 aliphatic heterocycles. The molecule has 2 rings (SSSR count). The molecule has 136 valence electrons. The van der Waals surface area contributed by atoms with Crippen LogP contribution in [0, 0.1) is 11.8 Å². The van der Waals surface area contributed by atoms with Gasteiger partial charge in [0, 0.05) is 30.3 Å². The topological polar surface area (TPSA) is 86.7 Å². The number of nitrogens with zero attached hydrogens (tertiary/aromatic N) is 1. The lowest BCUT2D eigenvalue weighted by Crippen LogP contribution is -2.46. The van der Waals surface area contributed by atoms with Gasteiger partial charge in [0.05, 0.1) is 6.26 Å². The van der Waals surface area contributed by atoms with Gasteiger partial charge in [-0.05, 0) is 44.9 Å². The number of hydrogen-bond acceptors (Lipinski definition) is 4. The summed E-state index contributed by atoms with van der Waals surface area (Å²) >= 11 is 0. The smallest absolute Gasteiger partial charge is 0.253 e. The minimum absolute atomic E-state index is 0.0929. The summed E-state index contributed by atoms with van der Waals surface area (Å²) < 4.78 is 25.2. The van der Waals surface area contributed by atoms with Crippen LogP contribution in [0.25, 0.3) is 0 Å². The van der Waals surface area contributed by atoms with Gasteiger partial charge in [-0.3, -0.25) is 4.79 Å². The number of nitrogens with one attached hydrogen (secondary N) is 1. The van der Waals surface area contributed by atoms with Crippen LogP contribution in [0.3, 0.4) is 0 Å². The summed E-state index contributed by atoms with van der Waals surface area (Å²) in [5, 5.41) is 9.67. The van der Waals surface area contributed by atoms with Crippen molar-refractivity contribution in [1.29, 1.82) is 0 Å². The van der Waals surface area contributed by atoms with Crippen molar-refractivity contribution in [2.24, 2.45) is 0 Å². The van der Waals surface area contributed by atoms with Crippen LogP contribution in [0.5, 0.6) is 0 Å². The molecule has 0 aromatic heterocycles. The Morgan fingerprint density at radius 3 is 2.52 bits per heavy atom. The summed E-state index contributed by atoms with van der Waals surface area (Å²) in [5.41, 5.74) is 0.118. The molecule has 7 heteroatoms. The van der Waals surface area contributed by atoms with Crippen molar-refractivity contribution in [2.75, 3.05) is 19.3 Å². The van der Waals surface area contributed by atoms with Crippen LogP contribution >= 0.6 is 0 Å². The number of hydrogen-bond donors (Lipinski definition) is 2. The zero-order valence-corrected chi connectivity index (χ0v) is 15.6. The van der Waals surface area contributed by atoms with Gasteiger partial charge in [-0.1, -0.05) is 17.9 Å². The van der Waals surface area contributed by atoms with Gasteiger partial charge in [-0.2, -0.15) is 0 Å². The quantitative estimate of drug-likeness (QED) is 0.783. The number of carbonyl (C=O) groups is 1. The second kappa shape index (κ2) is 7.56. The lowest BCUT2D eigenvalue weighted by Gasteiger charge is -2.32. The summed E-state index contributed by atoms with van der Waals surface area (Å²) in [6.07, 6.45) is 2.33. The molecule has 0 spiro atoms. The van der Waals surface area contributed by atoms with Crippen LogP contribution in [-0.2, 0) is 10.0 Å². The molecule has 1 aromatic carbocycles. The zero-order valence-electron chi connectivity index (χ0n) is 14.7. The molecule has 6 nitrogen and oxygen atoms in total. The molecular formula is C18H24N2O4S.